The molecule has 2 nitrogen and oxygen atoms in total. The van der Waals surface area contributed by atoms with E-state index >= 15 is 0 Å². The van der Waals surface area contributed by atoms with Crippen LogP contribution in [0.25, 0.3) is 0 Å². The molecule has 1 atom stereocenters. The highest BCUT2D eigenvalue weighted by atomic mass is 16.5. The summed E-state index contributed by atoms with van der Waals surface area (Å²) >= 11 is 0. The lowest BCUT2D eigenvalue weighted by molar-refractivity contribution is 0.406. The van der Waals surface area contributed by atoms with Gasteiger partial charge in [-0.3, -0.25) is 0 Å². The molecule has 2 rings (SSSR count). The second-order valence-corrected chi connectivity index (χ2v) is 5.73. The standard InChI is InChI=1S/C19H25NO/c1-14-9-10-15(2)18(11-14)13-20-16(3)12-17-7-5-6-8-19(17)21-4/h5-11,16,20H,12-13H2,1-4H3. The third-order valence-electron chi connectivity index (χ3n) is 3.86. The predicted molar refractivity (Wildman–Crippen MR) is 88.9 cm³/mol. The van der Waals surface area contributed by atoms with Gasteiger partial charge in [0, 0.05) is 12.6 Å². The summed E-state index contributed by atoms with van der Waals surface area (Å²) in [5, 5.41) is 3.61. The van der Waals surface area contributed by atoms with Gasteiger partial charge in [-0.15, -0.1) is 0 Å². The fourth-order valence-electron chi connectivity index (χ4n) is 2.55. The van der Waals surface area contributed by atoms with E-state index in [9.17, 15) is 0 Å². The molecule has 0 bridgehead atoms. The molecule has 0 radical (unpaired) electrons. The lowest BCUT2D eigenvalue weighted by Gasteiger charge is -2.17. The summed E-state index contributed by atoms with van der Waals surface area (Å²) in [6, 6.07) is 15.3. The summed E-state index contributed by atoms with van der Waals surface area (Å²) < 4.78 is 5.42. The predicted octanol–water partition coefficient (Wildman–Crippen LogP) is 4.03. The van der Waals surface area contributed by atoms with Crippen LogP contribution in [0.2, 0.25) is 0 Å². The van der Waals surface area contributed by atoms with E-state index in [1.807, 2.05) is 12.1 Å². The zero-order valence-electron chi connectivity index (χ0n) is 13.4. The first-order chi connectivity index (χ1) is 10.1. The van der Waals surface area contributed by atoms with Gasteiger partial charge in [-0.2, -0.15) is 0 Å². The molecule has 21 heavy (non-hydrogen) atoms. The van der Waals surface area contributed by atoms with Gasteiger partial charge in [0.05, 0.1) is 7.11 Å². The summed E-state index contributed by atoms with van der Waals surface area (Å²) in [4.78, 5) is 0. The second kappa shape index (κ2) is 7.28. The minimum atomic E-state index is 0.404. The lowest BCUT2D eigenvalue weighted by Crippen LogP contribution is -2.28. The first-order valence-corrected chi connectivity index (χ1v) is 7.51. The van der Waals surface area contributed by atoms with Gasteiger partial charge in [0.25, 0.3) is 0 Å². The van der Waals surface area contributed by atoms with Crippen LogP contribution in [0, 0.1) is 13.8 Å². The van der Waals surface area contributed by atoms with Crippen LogP contribution in [-0.4, -0.2) is 13.2 Å². The van der Waals surface area contributed by atoms with Crippen LogP contribution in [0.3, 0.4) is 0 Å². The summed E-state index contributed by atoms with van der Waals surface area (Å²) in [5.41, 5.74) is 5.29. The summed E-state index contributed by atoms with van der Waals surface area (Å²) in [7, 11) is 1.73. The molecule has 0 heterocycles. The molecule has 2 heteroatoms. The van der Waals surface area contributed by atoms with Gasteiger partial charge in [-0.05, 0) is 49.9 Å². The molecule has 0 aliphatic heterocycles. The zero-order valence-corrected chi connectivity index (χ0v) is 13.4. The minimum absolute atomic E-state index is 0.404. The summed E-state index contributed by atoms with van der Waals surface area (Å²) in [6.07, 6.45) is 0.967. The van der Waals surface area contributed by atoms with E-state index < -0.39 is 0 Å². The van der Waals surface area contributed by atoms with Crippen LogP contribution in [0.15, 0.2) is 42.5 Å². The van der Waals surface area contributed by atoms with Crippen molar-refractivity contribution in [2.45, 2.75) is 39.8 Å². The average molecular weight is 283 g/mol. The van der Waals surface area contributed by atoms with Crippen molar-refractivity contribution < 1.29 is 4.74 Å². The molecule has 0 spiro atoms. The van der Waals surface area contributed by atoms with Gasteiger partial charge in [0.15, 0.2) is 0 Å². The van der Waals surface area contributed by atoms with E-state index in [0.29, 0.717) is 6.04 Å². The van der Waals surface area contributed by atoms with Crippen molar-refractivity contribution >= 4 is 0 Å². The summed E-state index contributed by atoms with van der Waals surface area (Å²) in [6.45, 7) is 7.43. The monoisotopic (exact) mass is 283 g/mol. The number of nitrogens with one attached hydrogen (secondary N) is 1. The average Bonchev–Trinajstić information content (AvgIpc) is 2.49. The van der Waals surface area contributed by atoms with E-state index in [4.69, 9.17) is 4.74 Å². The molecule has 1 unspecified atom stereocenters. The molecule has 0 fully saturated rings. The Bertz CT molecular complexity index is 592. The van der Waals surface area contributed by atoms with Gasteiger partial charge >= 0.3 is 0 Å². The van der Waals surface area contributed by atoms with Crippen molar-refractivity contribution in [2.75, 3.05) is 7.11 Å². The maximum atomic E-state index is 5.42. The Labute approximate surface area is 128 Å². The van der Waals surface area contributed by atoms with Crippen LogP contribution in [0.4, 0.5) is 0 Å². The van der Waals surface area contributed by atoms with Crippen LogP contribution in [0.5, 0.6) is 5.75 Å². The number of rotatable bonds is 6. The fraction of sp³-hybridized carbons (Fsp3) is 0.368. The molecule has 2 aromatic carbocycles. The van der Waals surface area contributed by atoms with Crippen LogP contribution in [-0.2, 0) is 13.0 Å². The van der Waals surface area contributed by atoms with Gasteiger partial charge in [0.2, 0.25) is 0 Å². The first-order valence-electron chi connectivity index (χ1n) is 7.51. The number of benzene rings is 2. The molecule has 2 aromatic rings. The third kappa shape index (κ3) is 4.33. The van der Waals surface area contributed by atoms with Crippen LogP contribution < -0.4 is 10.1 Å². The van der Waals surface area contributed by atoms with Gasteiger partial charge in [0.1, 0.15) is 5.75 Å². The van der Waals surface area contributed by atoms with Gasteiger partial charge in [-0.1, -0.05) is 42.0 Å². The maximum absolute atomic E-state index is 5.42. The number of para-hydroxylation sites is 1. The Hall–Kier alpha value is -1.80. The molecular weight excluding hydrogens is 258 g/mol. The second-order valence-electron chi connectivity index (χ2n) is 5.73. The third-order valence-corrected chi connectivity index (χ3v) is 3.86. The van der Waals surface area contributed by atoms with Crippen molar-refractivity contribution in [3.05, 3.63) is 64.7 Å². The lowest BCUT2D eigenvalue weighted by atomic mass is 10.0. The zero-order chi connectivity index (χ0) is 15.2. The highest BCUT2D eigenvalue weighted by Crippen LogP contribution is 2.19. The number of ether oxygens (including phenoxy) is 1. The first kappa shape index (κ1) is 15.6. The number of hydrogen-bond donors (Lipinski definition) is 1. The molecule has 0 aromatic heterocycles. The molecule has 0 aliphatic carbocycles. The van der Waals surface area contributed by atoms with Crippen molar-refractivity contribution in [3.63, 3.8) is 0 Å². The molecule has 0 saturated heterocycles. The fourth-order valence-corrected chi connectivity index (χ4v) is 2.55. The highest BCUT2D eigenvalue weighted by Gasteiger charge is 2.08. The number of methoxy groups -OCH3 is 1. The highest BCUT2D eigenvalue weighted by molar-refractivity contribution is 5.34. The van der Waals surface area contributed by atoms with Gasteiger partial charge < -0.3 is 10.1 Å². The normalized spacial score (nSPS) is 12.2. The van der Waals surface area contributed by atoms with E-state index in [2.05, 4.69) is 56.4 Å². The topological polar surface area (TPSA) is 21.3 Å². The van der Waals surface area contributed by atoms with E-state index in [1.54, 1.807) is 7.11 Å². The van der Waals surface area contributed by atoms with Gasteiger partial charge in [-0.25, -0.2) is 0 Å². The Morgan fingerprint density at radius 3 is 2.57 bits per heavy atom. The Balaban J connectivity index is 1.96. The molecular formula is C19H25NO. The van der Waals surface area contributed by atoms with Crippen LogP contribution in [0.1, 0.15) is 29.2 Å². The van der Waals surface area contributed by atoms with Crippen LogP contribution >= 0.6 is 0 Å². The Morgan fingerprint density at radius 2 is 1.81 bits per heavy atom. The van der Waals surface area contributed by atoms with Crippen molar-refractivity contribution in [1.29, 1.82) is 0 Å². The van der Waals surface area contributed by atoms with Crippen molar-refractivity contribution in [2.24, 2.45) is 0 Å². The smallest absolute Gasteiger partial charge is 0.122 e. The van der Waals surface area contributed by atoms with E-state index in [1.165, 1.54) is 22.3 Å². The van der Waals surface area contributed by atoms with E-state index in [-0.39, 0.29) is 0 Å². The Kier molecular flexibility index (Phi) is 5.40. The minimum Gasteiger partial charge on any atom is -0.496 e. The molecule has 1 N–H and O–H groups in total. The quantitative estimate of drug-likeness (QED) is 0.864. The van der Waals surface area contributed by atoms with Crippen molar-refractivity contribution in [3.8, 4) is 5.75 Å². The largest absolute Gasteiger partial charge is 0.496 e. The molecule has 112 valence electrons. The number of hydrogen-bond acceptors (Lipinski definition) is 2. The molecule has 0 saturated carbocycles. The summed E-state index contributed by atoms with van der Waals surface area (Å²) in [5.74, 6) is 0.970. The van der Waals surface area contributed by atoms with Crippen molar-refractivity contribution in [1.82, 2.24) is 5.32 Å². The maximum Gasteiger partial charge on any atom is 0.122 e. The molecule has 0 amide bonds. The SMILES string of the molecule is COc1ccccc1CC(C)NCc1cc(C)ccc1C. The Morgan fingerprint density at radius 1 is 1.05 bits per heavy atom. The van der Waals surface area contributed by atoms with E-state index in [0.717, 1.165) is 18.7 Å². The number of aryl methyl sites for hydroxylation is 2. The molecule has 0 aliphatic rings.